The third-order valence-electron chi connectivity index (χ3n) is 7.66. The minimum Gasteiger partial charge on any atom is -0.494 e. The van der Waals surface area contributed by atoms with Gasteiger partial charge in [-0.3, -0.25) is 9.44 Å². The normalized spacial score (nSPS) is 21.6. The zero-order valence-electron chi connectivity index (χ0n) is 25.5. The lowest BCUT2D eigenvalue weighted by atomic mass is 9.86. The van der Waals surface area contributed by atoms with Crippen LogP contribution in [0.5, 0.6) is 0 Å². The molecule has 0 saturated carbocycles. The first-order valence-corrected chi connectivity index (χ1v) is 18.9. The Morgan fingerprint density at radius 1 is 0.977 bits per heavy atom. The van der Waals surface area contributed by atoms with Crippen molar-refractivity contribution in [1.29, 1.82) is 0 Å². The average Bonchev–Trinajstić information content (AvgIpc) is 3.35. The number of nitrogens with one attached hydrogen (secondary N) is 2. The Bertz CT molecular complexity index is 1770. The summed E-state index contributed by atoms with van der Waals surface area (Å²) >= 11 is 1.30. The lowest BCUT2D eigenvalue weighted by Crippen LogP contribution is -2.19. The predicted molar refractivity (Wildman–Crippen MR) is 177 cm³/mol. The van der Waals surface area contributed by atoms with Crippen LogP contribution in [0.25, 0.3) is 11.3 Å². The third-order valence-corrected chi connectivity index (χ3v) is 11.5. The molecule has 2 unspecified atom stereocenters. The van der Waals surface area contributed by atoms with Gasteiger partial charge in [-0.1, -0.05) is 81.9 Å². The Kier molecular flexibility index (Phi) is 9.52. The number of hydrogen-bond acceptors (Lipinski definition) is 8. The fraction of sp³-hybridized carbons (Fsp3) is 0.438. The number of sulfonamides is 2. The van der Waals surface area contributed by atoms with Gasteiger partial charge in [0.15, 0.2) is 10.2 Å². The summed E-state index contributed by atoms with van der Waals surface area (Å²) in [5, 5.41) is -0.0867. The molecule has 236 valence electrons. The van der Waals surface area contributed by atoms with Gasteiger partial charge in [0.1, 0.15) is 11.6 Å². The van der Waals surface area contributed by atoms with Crippen LogP contribution in [0.3, 0.4) is 0 Å². The highest BCUT2D eigenvalue weighted by Gasteiger charge is 2.29. The molecule has 1 aromatic carbocycles. The topological polar surface area (TPSA) is 127 Å². The number of nitrogens with zero attached hydrogens (tertiary/aromatic N) is 2. The van der Waals surface area contributed by atoms with E-state index in [2.05, 4.69) is 60.3 Å². The summed E-state index contributed by atoms with van der Waals surface area (Å²) in [4.78, 5) is 9.94. The minimum atomic E-state index is -4.18. The Morgan fingerprint density at radius 3 is 2.57 bits per heavy atom. The van der Waals surface area contributed by atoms with Crippen molar-refractivity contribution in [2.45, 2.75) is 70.7 Å². The summed E-state index contributed by atoms with van der Waals surface area (Å²) in [5.41, 5.74) is 2.91. The quantitative estimate of drug-likeness (QED) is 0.307. The molecule has 1 aliphatic carbocycles. The molecule has 2 aliphatic rings. The lowest BCUT2D eigenvalue weighted by Gasteiger charge is -2.24. The molecule has 0 saturated heterocycles. The molecule has 0 spiro atoms. The van der Waals surface area contributed by atoms with Gasteiger partial charge in [0.2, 0.25) is 10.0 Å². The Balaban J connectivity index is 1.58. The third kappa shape index (κ3) is 8.08. The van der Waals surface area contributed by atoms with Crippen molar-refractivity contribution in [2.24, 2.45) is 11.3 Å². The van der Waals surface area contributed by atoms with Gasteiger partial charge < -0.3 is 4.74 Å². The number of pyridine rings is 1. The van der Waals surface area contributed by atoms with Crippen LogP contribution in [0.2, 0.25) is 0 Å². The molecular formula is C32H40N4O5S3. The zero-order chi connectivity index (χ0) is 31.5. The second kappa shape index (κ2) is 13.0. The van der Waals surface area contributed by atoms with E-state index in [1.165, 1.54) is 29.5 Å². The van der Waals surface area contributed by atoms with Crippen molar-refractivity contribution in [3.8, 4) is 11.3 Å². The maximum Gasteiger partial charge on any atom is 0.281 e. The lowest BCUT2D eigenvalue weighted by molar-refractivity contribution is 0.177. The second-order valence-corrected chi connectivity index (χ2v) is 17.1. The molecule has 5 rings (SSSR count). The molecule has 0 amide bonds. The first-order chi connectivity index (χ1) is 20.8. The molecule has 2 atom stereocenters. The van der Waals surface area contributed by atoms with Gasteiger partial charge in [0.25, 0.3) is 10.0 Å². The molecule has 2 aromatic heterocycles. The van der Waals surface area contributed by atoms with E-state index >= 15 is 0 Å². The Morgan fingerprint density at radius 2 is 1.77 bits per heavy atom. The van der Waals surface area contributed by atoms with Crippen LogP contribution in [0.15, 0.2) is 71.5 Å². The molecule has 44 heavy (non-hydrogen) atoms. The number of aromatic nitrogens is 2. The molecule has 3 aromatic rings. The van der Waals surface area contributed by atoms with E-state index in [9.17, 15) is 16.8 Å². The van der Waals surface area contributed by atoms with E-state index in [1.54, 1.807) is 0 Å². The molecule has 0 fully saturated rings. The van der Waals surface area contributed by atoms with Crippen LogP contribution < -0.4 is 9.44 Å². The summed E-state index contributed by atoms with van der Waals surface area (Å²) in [6, 6.07) is 12.3. The summed E-state index contributed by atoms with van der Waals surface area (Å²) < 4.78 is 63.5. The van der Waals surface area contributed by atoms with E-state index in [0.717, 1.165) is 53.1 Å². The number of ether oxygens (including phenoxy) is 1. The number of rotatable bonds is 4. The highest BCUT2D eigenvalue weighted by Crippen LogP contribution is 2.44. The number of benzene rings is 1. The van der Waals surface area contributed by atoms with Crippen molar-refractivity contribution >= 4 is 42.3 Å². The van der Waals surface area contributed by atoms with Gasteiger partial charge in [-0.25, -0.2) is 18.4 Å². The highest BCUT2D eigenvalue weighted by molar-refractivity contribution is 7.93. The molecule has 9 nitrogen and oxygen atoms in total. The largest absolute Gasteiger partial charge is 0.494 e. The number of thiazole rings is 1. The first-order valence-electron chi connectivity index (χ1n) is 14.9. The predicted octanol–water partition coefficient (Wildman–Crippen LogP) is 7.10. The van der Waals surface area contributed by atoms with Gasteiger partial charge in [0, 0.05) is 16.4 Å². The van der Waals surface area contributed by atoms with Crippen molar-refractivity contribution in [1.82, 2.24) is 9.97 Å². The molecular weight excluding hydrogens is 617 g/mol. The number of aryl methyl sites for hydroxylation is 1. The van der Waals surface area contributed by atoms with Crippen LogP contribution in [0.4, 0.5) is 10.9 Å². The van der Waals surface area contributed by atoms with E-state index in [-0.39, 0.29) is 39.0 Å². The van der Waals surface area contributed by atoms with Crippen LogP contribution in [-0.2, 0) is 31.2 Å². The molecule has 12 heteroatoms. The van der Waals surface area contributed by atoms with Gasteiger partial charge in [-0.15, -0.1) is 0 Å². The van der Waals surface area contributed by atoms with Gasteiger partial charge >= 0.3 is 0 Å². The summed E-state index contributed by atoms with van der Waals surface area (Å²) in [6.45, 7) is 9.30. The fourth-order valence-electron chi connectivity index (χ4n) is 5.18. The summed E-state index contributed by atoms with van der Waals surface area (Å²) in [6.07, 6.45) is 9.90. The smallest absolute Gasteiger partial charge is 0.281 e. The average molecular weight is 657 g/mol. The Hall–Kier alpha value is -3.22. The molecule has 0 radical (unpaired) electrons. The van der Waals surface area contributed by atoms with Crippen molar-refractivity contribution in [2.75, 3.05) is 21.8 Å². The van der Waals surface area contributed by atoms with E-state index in [4.69, 9.17) is 9.72 Å². The number of fused-ring (bicyclic) bond motifs is 6. The summed E-state index contributed by atoms with van der Waals surface area (Å²) in [5.74, 6) is 0.724. The minimum absolute atomic E-state index is 0.0444. The molecule has 3 heterocycles. The van der Waals surface area contributed by atoms with Gasteiger partial charge in [-0.2, -0.15) is 8.42 Å². The zero-order valence-corrected chi connectivity index (χ0v) is 28.0. The number of allylic oxidation sites excluding steroid dienone is 3. The van der Waals surface area contributed by atoms with Crippen LogP contribution >= 0.6 is 11.3 Å². The van der Waals surface area contributed by atoms with E-state index in [1.807, 2.05) is 24.3 Å². The standard InChI is InChI=1S/C32H40N4O5S3/c1-22-16-17-24(41-19-18-32(2,3)4)21-26(22)30-29-25-13-8-7-12-23(25)11-6-5-9-20-43(37,38)35-27-14-10-15-28(33-27)44(39,40)36-31(34-29)42-30/h7-8,10,12-17,21-22,26H,5-6,9,11,18-20H2,1-4H3,(H,33,35)(H,34,36). The van der Waals surface area contributed by atoms with Crippen LogP contribution in [-0.4, -0.2) is 39.2 Å². The van der Waals surface area contributed by atoms with Crippen molar-refractivity contribution in [3.05, 3.63) is 76.9 Å². The van der Waals surface area contributed by atoms with Crippen LogP contribution in [0.1, 0.15) is 69.7 Å². The fourth-order valence-corrected chi connectivity index (χ4v) is 8.67. The van der Waals surface area contributed by atoms with E-state index in [0.29, 0.717) is 13.0 Å². The van der Waals surface area contributed by atoms with Gasteiger partial charge in [0.05, 0.1) is 18.1 Å². The molecule has 4 bridgehead atoms. The van der Waals surface area contributed by atoms with Crippen LogP contribution in [0, 0.1) is 11.3 Å². The monoisotopic (exact) mass is 656 g/mol. The molecule has 2 N–H and O–H groups in total. The second-order valence-electron chi connectivity index (χ2n) is 12.6. The van der Waals surface area contributed by atoms with E-state index < -0.39 is 20.0 Å². The molecule has 1 aliphatic heterocycles. The Labute approximate surface area is 265 Å². The maximum absolute atomic E-state index is 13.5. The van der Waals surface area contributed by atoms with Crippen molar-refractivity contribution in [3.63, 3.8) is 0 Å². The van der Waals surface area contributed by atoms with Gasteiger partial charge in [-0.05, 0) is 66.9 Å². The highest BCUT2D eigenvalue weighted by atomic mass is 32.2. The summed E-state index contributed by atoms with van der Waals surface area (Å²) in [7, 11) is -7.86. The van der Waals surface area contributed by atoms with Crippen molar-refractivity contribution < 1.29 is 21.6 Å². The SMILES string of the molecule is CC1C=CC(OCCC(C)(C)C)=CC1c1sc2nc1-c1ccccc1CCCCCS(=O)(=O)Nc1cccc(n1)S(=O)(=O)N2. The number of hydrogen-bond donors (Lipinski definition) is 2. The number of anilines is 2. The first kappa shape index (κ1) is 32.2. The maximum atomic E-state index is 13.5.